The third kappa shape index (κ3) is 4.11. The number of hydrogen-bond donors (Lipinski definition) is 1. The lowest BCUT2D eigenvalue weighted by Crippen LogP contribution is -2.32. The molecule has 1 aromatic heterocycles. The van der Waals surface area contributed by atoms with Crippen LogP contribution in [0.15, 0.2) is 54.6 Å². The van der Waals surface area contributed by atoms with Gasteiger partial charge < -0.3 is 10.6 Å². The fourth-order valence-corrected chi connectivity index (χ4v) is 4.07. The molecule has 1 aliphatic rings. The number of hydrogen-bond acceptors (Lipinski definition) is 4. The molecule has 6 nitrogen and oxygen atoms in total. The predicted molar refractivity (Wildman–Crippen MR) is 120 cm³/mol. The number of para-hydroxylation sites is 1. The molecule has 2 atom stereocenters. The third-order valence-corrected chi connectivity index (χ3v) is 5.63. The largest absolute Gasteiger partial charge is 0.334 e. The molecule has 2 heterocycles. The van der Waals surface area contributed by atoms with Gasteiger partial charge in [-0.05, 0) is 30.0 Å². The van der Waals surface area contributed by atoms with Crippen molar-refractivity contribution in [3.8, 4) is 5.69 Å². The minimum absolute atomic E-state index is 0. The number of nitrogens with zero attached hydrogens (tertiary/aromatic N) is 4. The van der Waals surface area contributed by atoms with Crippen LogP contribution in [0.4, 0.5) is 0 Å². The Balaban J connectivity index is 0.00000256. The van der Waals surface area contributed by atoms with E-state index in [1.165, 1.54) is 5.56 Å². The Labute approximate surface area is 183 Å². The highest BCUT2D eigenvalue weighted by Gasteiger charge is 2.35. The van der Waals surface area contributed by atoms with Gasteiger partial charge in [-0.25, -0.2) is 9.67 Å². The molecule has 0 radical (unpaired) electrons. The lowest BCUT2D eigenvalue weighted by atomic mass is 9.95. The van der Waals surface area contributed by atoms with Gasteiger partial charge in [0, 0.05) is 25.0 Å². The quantitative estimate of drug-likeness (QED) is 0.691. The van der Waals surface area contributed by atoms with Crippen LogP contribution in [0.5, 0.6) is 0 Å². The molecule has 0 aliphatic carbocycles. The van der Waals surface area contributed by atoms with Crippen molar-refractivity contribution in [2.24, 2.45) is 5.73 Å². The third-order valence-electron chi connectivity index (χ3n) is 5.63. The van der Waals surface area contributed by atoms with E-state index in [9.17, 15) is 4.79 Å². The van der Waals surface area contributed by atoms with Gasteiger partial charge in [-0.3, -0.25) is 4.79 Å². The van der Waals surface area contributed by atoms with Gasteiger partial charge in [-0.1, -0.05) is 62.4 Å². The molecule has 3 aromatic rings. The van der Waals surface area contributed by atoms with Gasteiger partial charge in [-0.15, -0.1) is 17.5 Å². The van der Waals surface area contributed by atoms with Crippen LogP contribution >= 0.6 is 12.4 Å². The summed E-state index contributed by atoms with van der Waals surface area (Å²) >= 11 is 0. The van der Waals surface area contributed by atoms with Crippen LogP contribution < -0.4 is 5.73 Å². The average Bonchev–Trinajstić information content (AvgIpc) is 3.31. The maximum absolute atomic E-state index is 13.1. The van der Waals surface area contributed by atoms with Crippen molar-refractivity contribution in [1.82, 2.24) is 19.7 Å². The molecule has 1 fully saturated rings. The van der Waals surface area contributed by atoms with Gasteiger partial charge in [0.05, 0.1) is 5.69 Å². The highest BCUT2D eigenvalue weighted by Crippen LogP contribution is 2.28. The average molecular weight is 426 g/mol. The summed E-state index contributed by atoms with van der Waals surface area (Å²) in [6, 6.07) is 18.1. The molecular weight excluding hydrogens is 398 g/mol. The number of rotatable bonds is 4. The second kappa shape index (κ2) is 8.98. The van der Waals surface area contributed by atoms with E-state index in [4.69, 9.17) is 5.73 Å². The van der Waals surface area contributed by atoms with Gasteiger partial charge >= 0.3 is 0 Å². The monoisotopic (exact) mass is 425 g/mol. The molecule has 0 spiro atoms. The molecule has 2 aromatic carbocycles. The second-order valence-corrected chi connectivity index (χ2v) is 8.00. The van der Waals surface area contributed by atoms with Gasteiger partial charge in [0.25, 0.3) is 5.91 Å². The van der Waals surface area contributed by atoms with E-state index < -0.39 is 0 Å². The Hall–Kier alpha value is -2.70. The van der Waals surface area contributed by atoms with Crippen molar-refractivity contribution in [2.45, 2.75) is 38.6 Å². The number of carbonyl (C=O) groups is 1. The van der Waals surface area contributed by atoms with Crippen molar-refractivity contribution in [1.29, 1.82) is 0 Å². The van der Waals surface area contributed by atoms with Crippen molar-refractivity contribution in [3.63, 3.8) is 0 Å². The smallest absolute Gasteiger partial charge is 0.293 e. The van der Waals surface area contributed by atoms with Crippen molar-refractivity contribution >= 4 is 18.3 Å². The molecule has 30 heavy (non-hydrogen) atoms. The molecule has 0 saturated carbocycles. The van der Waals surface area contributed by atoms with Crippen LogP contribution in [0.3, 0.4) is 0 Å². The fraction of sp³-hybridized carbons (Fsp3) is 0.348. The molecule has 4 rings (SSSR count). The minimum Gasteiger partial charge on any atom is -0.334 e. The topological polar surface area (TPSA) is 77.0 Å². The molecule has 1 amide bonds. The first-order chi connectivity index (χ1) is 14.0. The number of likely N-dealkylation sites (tertiary alicyclic amines) is 1. The number of aryl methyl sites for hydroxylation is 1. The lowest BCUT2D eigenvalue weighted by Gasteiger charge is -2.15. The summed E-state index contributed by atoms with van der Waals surface area (Å²) in [4.78, 5) is 19.4. The molecule has 158 valence electrons. The normalized spacial score (nSPS) is 18.5. The van der Waals surface area contributed by atoms with Crippen LogP contribution in [0.1, 0.15) is 53.3 Å². The molecule has 7 heteroatoms. The number of benzene rings is 2. The van der Waals surface area contributed by atoms with Gasteiger partial charge in [0.15, 0.2) is 0 Å². The first-order valence-electron chi connectivity index (χ1n) is 10.1. The number of nitrogens with two attached hydrogens (primary N) is 1. The molecule has 1 aliphatic heterocycles. The Bertz CT molecular complexity index is 1020. The first kappa shape index (κ1) is 22.0. The molecule has 2 N–H and O–H groups in total. The summed E-state index contributed by atoms with van der Waals surface area (Å²) in [7, 11) is 0. The molecule has 1 saturated heterocycles. The summed E-state index contributed by atoms with van der Waals surface area (Å²) in [5.74, 6) is 1.23. The van der Waals surface area contributed by atoms with E-state index in [1.807, 2.05) is 43.3 Å². The Morgan fingerprint density at radius 2 is 1.73 bits per heavy atom. The maximum atomic E-state index is 13.1. The number of amides is 1. The van der Waals surface area contributed by atoms with E-state index in [0.29, 0.717) is 24.8 Å². The maximum Gasteiger partial charge on any atom is 0.293 e. The van der Waals surface area contributed by atoms with E-state index in [2.05, 4.69) is 42.1 Å². The van der Waals surface area contributed by atoms with Gasteiger partial charge in [-0.2, -0.15) is 0 Å². The Morgan fingerprint density at radius 1 is 1.07 bits per heavy atom. The van der Waals surface area contributed by atoms with Crippen LogP contribution in [-0.4, -0.2) is 44.7 Å². The van der Waals surface area contributed by atoms with Gasteiger partial charge in [0.1, 0.15) is 5.82 Å². The summed E-state index contributed by atoms with van der Waals surface area (Å²) in [6.07, 6.45) is 0. The highest BCUT2D eigenvalue weighted by molar-refractivity contribution is 5.91. The number of carbonyl (C=O) groups excluding carboxylic acids is 1. The van der Waals surface area contributed by atoms with Crippen LogP contribution in [0.2, 0.25) is 0 Å². The summed E-state index contributed by atoms with van der Waals surface area (Å²) in [6.45, 7) is 7.26. The molecule has 0 bridgehead atoms. The zero-order valence-corrected chi connectivity index (χ0v) is 18.3. The molecular formula is C23H28ClN5O. The van der Waals surface area contributed by atoms with Crippen molar-refractivity contribution in [2.75, 3.05) is 13.1 Å². The standard InChI is InChI=1S/C23H27N5O.ClH/c1-15(2)18-11-7-8-12-21(18)28-16(3)25-22(26-28)23(29)27-13-19(20(24)14-27)17-9-5-4-6-10-17;/h4-12,15,19-20H,13-14,24H2,1-3H3;1H/t19-,20+;/m0./s1. The van der Waals surface area contributed by atoms with Crippen molar-refractivity contribution < 1.29 is 4.79 Å². The van der Waals surface area contributed by atoms with Crippen LogP contribution in [0.25, 0.3) is 5.69 Å². The van der Waals surface area contributed by atoms with Gasteiger partial charge in [0.2, 0.25) is 5.82 Å². The van der Waals surface area contributed by atoms with Crippen molar-refractivity contribution in [3.05, 3.63) is 77.4 Å². The Morgan fingerprint density at radius 3 is 2.43 bits per heavy atom. The second-order valence-electron chi connectivity index (χ2n) is 8.00. The number of halogens is 1. The zero-order valence-electron chi connectivity index (χ0n) is 17.5. The predicted octanol–water partition coefficient (Wildman–Crippen LogP) is 3.69. The highest BCUT2D eigenvalue weighted by atomic mass is 35.5. The van der Waals surface area contributed by atoms with E-state index >= 15 is 0 Å². The first-order valence-corrected chi connectivity index (χ1v) is 10.1. The minimum atomic E-state index is -0.164. The van der Waals surface area contributed by atoms with Crippen LogP contribution in [-0.2, 0) is 0 Å². The zero-order chi connectivity index (χ0) is 20.5. The van der Waals surface area contributed by atoms with E-state index in [1.54, 1.807) is 9.58 Å². The number of aromatic nitrogens is 3. The SMILES string of the molecule is Cc1nc(C(=O)N2C[C@@H](N)[C@H](c3ccccc3)C2)nn1-c1ccccc1C(C)C.Cl. The Kier molecular flexibility index (Phi) is 6.58. The summed E-state index contributed by atoms with van der Waals surface area (Å²) < 4.78 is 1.77. The summed E-state index contributed by atoms with van der Waals surface area (Å²) in [5, 5.41) is 4.56. The van der Waals surface area contributed by atoms with E-state index in [0.717, 1.165) is 11.3 Å². The lowest BCUT2D eigenvalue weighted by molar-refractivity contribution is 0.0777. The van der Waals surface area contributed by atoms with Crippen LogP contribution in [0, 0.1) is 6.92 Å². The fourth-order valence-electron chi connectivity index (χ4n) is 4.07. The summed E-state index contributed by atoms with van der Waals surface area (Å²) in [5.41, 5.74) is 9.66. The molecule has 0 unspecified atom stereocenters. The van der Waals surface area contributed by atoms with E-state index in [-0.39, 0.29) is 36.1 Å².